The summed E-state index contributed by atoms with van der Waals surface area (Å²) in [4.78, 5) is 20.0. The first-order chi connectivity index (χ1) is 14.1. The second-order valence-electron chi connectivity index (χ2n) is 7.78. The minimum atomic E-state index is -0.0161. The van der Waals surface area contributed by atoms with Crippen molar-refractivity contribution in [1.29, 1.82) is 0 Å². The van der Waals surface area contributed by atoms with Crippen LogP contribution in [0, 0.1) is 6.92 Å². The lowest BCUT2D eigenvalue weighted by molar-refractivity contribution is 0.0698. The van der Waals surface area contributed by atoms with Crippen molar-refractivity contribution in [3.05, 3.63) is 35.5 Å². The van der Waals surface area contributed by atoms with Crippen LogP contribution in [-0.4, -0.2) is 40.8 Å². The normalized spacial score (nSPS) is 16.3. The third-order valence-corrected chi connectivity index (χ3v) is 5.96. The topological polar surface area (TPSA) is 77.7 Å². The van der Waals surface area contributed by atoms with Gasteiger partial charge in [-0.3, -0.25) is 4.79 Å². The lowest BCUT2D eigenvalue weighted by Gasteiger charge is -2.31. The molecule has 7 nitrogen and oxygen atoms in total. The number of amides is 1. The summed E-state index contributed by atoms with van der Waals surface area (Å²) in [7, 11) is 1.90. The molecule has 3 heterocycles. The Balaban J connectivity index is 1.58. The number of benzene rings is 1. The number of aryl methyl sites for hydroxylation is 1. The van der Waals surface area contributed by atoms with Crippen molar-refractivity contribution in [2.24, 2.45) is 0 Å². The maximum Gasteiger partial charge on any atom is 0.259 e. The van der Waals surface area contributed by atoms with Crippen LogP contribution in [-0.2, 0) is 0 Å². The molecule has 0 atom stereocenters. The summed E-state index contributed by atoms with van der Waals surface area (Å²) in [5.74, 6) is 1.36. The third-order valence-electron chi connectivity index (χ3n) is 5.96. The molecule has 1 aliphatic heterocycles. The van der Waals surface area contributed by atoms with Crippen LogP contribution >= 0.6 is 0 Å². The van der Waals surface area contributed by atoms with E-state index in [1.165, 1.54) is 19.3 Å². The van der Waals surface area contributed by atoms with Gasteiger partial charge in [-0.25, -0.2) is 4.98 Å². The minimum absolute atomic E-state index is 0.0161. The summed E-state index contributed by atoms with van der Waals surface area (Å²) in [5, 5.41) is 4.73. The van der Waals surface area contributed by atoms with E-state index in [2.05, 4.69) is 10.1 Å². The van der Waals surface area contributed by atoms with Gasteiger partial charge in [0.15, 0.2) is 11.5 Å². The molecule has 0 bridgehead atoms. The Morgan fingerprint density at radius 2 is 1.90 bits per heavy atom. The van der Waals surface area contributed by atoms with Crippen molar-refractivity contribution >= 4 is 17.0 Å². The number of ether oxygens (including phenoxy) is 2. The summed E-state index contributed by atoms with van der Waals surface area (Å²) in [6, 6.07) is 7.74. The number of aromatic nitrogens is 2. The first kappa shape index (κ1) is 18.0. The molecule has 1 aliphatic carbocycles. The number of nitrogens with zero attached hydrogens (tertiary/aromatic N) is 3. The van der Waals surface area contributed by atoms with Crippen molar-refractivity contribution in [3.8, 4) is 22.8 Å². The van der Waals surface area contributed by atoms with Crippen LogP contribution in [0.2, 0.25) is 0 Å². The molecular formula is C22H23N3O4. The van der Waals surface area contributed by atoms with E-state index in [1.807, 2.05) is 43.1 Å². The summed E-state index contributed by atoms with van der Waals surface area (Å²) >= 11 is 0. The van der Waals surface area contributed by atoms with E-state index in [0.29, 0.717) is 39.6 Å². The predicted molar refractivity (Wildman–Crippen MR) is 107 cm³/mol. The first-order valence-corrected chi connectivity index (χ1v) is 10.1. The molecule has 29 heavy (non-hydrogen) atoms. The second-order valence-corrected chi connectivity index (χ2v) is 7.78. The van der Waals surface area contributed by atoms with Gasteiger partial charge in [0.25, 0.3) is 11.6 Å². The number of hydrogen-bond donors (Lipinski definition) is 0. The van der Waals surface area contributed by atoms with Gasteiger partial charge in [-0.2, -0.15) is 0 Å². The summed E-state index contributed by atoms with van der Waals surface area (Å²) in [6.07, 6.45) is 5.69. The van der Waals surface area contributed by atoms with Crippen LogP contribution in [0.4, 0.5) is 0 Å². The van der Waals surface area contributed by atoms with E-state index < -0.39 is 0 Å². The van der Waals surface area contributed by atoms with Crippen molar-refractivity contribution in [2.75, 3.05) is 13.8 Å². The highest BCUT2D eigenvalue weighted by molar-refractivity contribution is 6.07. The number of carbonyl (C=O) groups is 1. The fourth-order valence-corrected chi connectivity index (χ4v) is 4.29. The van der Waals surface area contributed by atoms with E-state index in [9.17, 15) is 4.79 Å². The molecule has 2 aromatic heterocycles. The number of carbonyl (C=O) groups excluding carboxylic acids is 1. The largest absolute Gasteiger partial charge is 0.454 e. The minimum Gasteiger partial charge on any atom is -0.454 e. The highest BCUT2D eigenvalue weighted by Crippen LogP contribution is 2.37. The van der Waals surface area contributed by atoms with Gasteiger partial charge < -0.3 is 18.9 Å². The molecule has 0 spiro atoms. The lowest BCUT2D eigenvalue weighted by atomic mass is 9.94. The first-order valence-electron chi connectivity index (χ1n) is 10.1. The quantitative estimate of drug-likeness (QED) is 0.659. The third kappa shape index (κ3) is 3.10. The molecule has 0 unspecified atom stereocenters. The average molecular weight is 393 g/mol. The number of rotatable bonds is 3. The molecule has 1 saturated carbocycles. The molecule has 0 radical (unpaired) electrons. The standard InChI is InChI=1S/C22H23N3O4/c1-13-20-16(22(26)25(2)15-6-4-3-5-7-15)11-17(23-21(20)29-24-13)14-8-9-18-19(10-14)28-12-27-18/h8-11,15H,3-7,12H2,1-2H3. The van der Waals surface area contributed by atoms with Crippen LogP contribution < -0.4 is 9.47 Å². The van der Waals surface area contributed by atoms with Crippen molar-refractivity contribution in [2.45, 2.75) is 45.1 Å². The van der Waals surface area contributed by atoms with Crippen molar-refractivity contribution in [1.82, 2.24) is 15.0 Å². The van der Waals surface area contributed by atoms with Crippen LogP contribution in [0.5, 0.6) is 11.5 Å². The van der Waals surface area contributed by atoms with E-state index in [-0.39, 0.29) is 18.7 Å². The summed E-state index contributed by atoms with van der Waals surface area (Å²) in [5.41, 5.74) is 3.10. The van der Waals surface area contributed by atoms with Gasteiger partial charge >= 0.3 is 0 Å². The fourth-order valence-electron chi connectivity index (χ4n) is 4.29. The average Bonchev–Trinajstić information content (AvgIpc) is 3.38. The zero-order valence-electron chi connectivity index (χ0n) is 16.6. The molecule has 1 aromatic carbocycles. The van der Waals surface area contributed by atoms with Gasteiger partial charge in [-0.15, -0.1) is 0 Å². The van der Waals surface area contributed by atoms with E-state index in [4.69, 9.17) is 14.0 Å². The van der Waals surface area contributed by atoms with Crippen LogP contribution in [0.1, 0.15) is 48.2 Å². The summed E-state index contributed by atoms with van der Waals surface area (Å²) in [6.45, 7) is 2.05. The zero-order chi connectivity index (χ0) is 20.0. The Hall–Kier alpha value is -3.09. The highest BCUT2D eigenvalue weighted by Gasteiger charge is 2.27. The molecule has 5 rings (SSSR count). The molecule has 0 N–H and O–H groups in total. The number of pyridine rings is 1. The fraction of sp³-hybridized carbons (Fsp3) is 0.409. The Labute approximate surface area is 168 Å². The Morgan fingerprint density at radius 3 is 2.72 bits per heavy atom. The van der Waals surface area contributed by atoms with Gasteiger partial charge in [0.1, 0.15) is 0 Å². The Kier molecular flexibility index (Phi) is 4.38. The molecule has 1 amide bonds. The smallest absolute Gasteiger partial charge is 0.259 e. The molecular weight excluding hydrogens is 370 g/mol. The van der Waals surface area contributed by atoms with E-state index in [0.717, 1.165) is 18.4 Å². The molecule has 3 aromatic rings. The molecule has 150 valence electrons. The Bertz CT molecular complexity index is 1090. The van der Waals surface area contributed by atoms with Gasteiger partial charge in [-0.05, 0) is 44.0 Å². The van der Waals surface area contributed by atoms with Gasteiger partial charge in [0.05, 0.1) is 22.3 Å². The van der Waals surface area contributed by atoms with Crippen LogP contribution in [0.25, 0.3) is 22.4 Å². The molecule has 0 saturated heterocycles. The number of fused-ring (bicyclic) bond motifs is 2. The monoisotopic (exact) mass is 393 g/mol. The van der Waals surface area contributed by atoms with Crippen LogP contribution in [0.15, 0.2) is 28.8 Å². The van der Waals surface area contributed by atoms with E-state index in [1.54, 1.807) is 0 Å². The lowest BCUT2D eigenvalue weighted by Crippen LogP contribution is -2.38. The van der Waals surface area contributed by atoms with E-state index >= 15 is 0 Å². The molecule has 2 aliphatic rings. The Morgan fingerprint density at radius 1 is 1.10 bits per heavy atom. The van der Waals surface area contributed by atoms with Gasteiger partial charge in [0, 0.05) is 18.7 Å². The SMILES string of the molecule is Cc1noc2nc(-c3ccc4c(c3)OCO4)cc(C(=O)N(C)C3CCCCC3)c12. The molecule has 7 heteroatoms. The zero-order valence-corrected chi connectivity index (χ0v) is 16.6. The van der Waals surface area contributed by atoms with Crippen molar-refractivity contribution in [3.63, 3.8) is 0 Å². The summed E-state index contributed by atoms with van der Waals surface area (Å²) < 4.78 is 16.3. The number of hydrogen-bond acceptors (Lipinski definition) is 6. The second kappa shape index (κ2) is 7.06. The van der Waals surface area contributed by atoms with Crippen molar-refractivity contribution < 1.29 is 18.8 Å². The van der Waals surface area contributed by atoms with Gasteiger partial charge in [0.2, 0.25) is 6.79 Å². The molecule has 1 fully saturated rings. The predicted octanol–water partition coefficient (Wildman–Crippen LogP) is 4.33. The highest BCUT2D eigenvalue weighted by atomic mass is 16.7. The van der Waals surface area contributed by atoms with Crippen LogP contribution in [0.3, 0.4) is 0 Å². The maximum absolute atomic E-state index is 13.5. The van der Waals surface area contributed by atoms with Gasteiger partial charge in [-0.1, -0.05) is 24.4 Å². The maximum atomic E-state index is 13.5.